The molecular formula is C63H116O6. The van der Waals surface area contributed by atoms with E-state index in [1.807, 2.05) is 0 Å². The van der Waals surface area contributed by atoms with Crippen molar-refractivity contribution in [3.8, 4) is 0 Å². The molecule has 404 valence electrons. The smallest absolute Gasteiger partial charge is 0.306 e. The van der Waals surface area contributed by atoms with Crippen LogP contribution in [0.2, 0.25) is 0 Å². The summed E-state index contributed by atoms with van der Waals surface area (Å²) >= 11 is 0. The van der Waals surface area contributed by atoms with Gasteiger partial charge in [-0.3, -0.25) is 14.4 Å². The minimum atomic E-state index is -0.777. The summed E-state index contributed by atoms with van der Waals surface area (Å²) in [5.74, 6) is -0.872. The molecule has 0 bridgehead atoms. The van der Waals surface area contributed by atoms with Crippen LogP contribution in [0.5, 0.6) is 0 Å². The van der Waals surface area contributed by atoms with Crippen molar-refractivity contribution in [3.05, 3.63) is 36.5 Å². The van der Waals surface area contributed by atoms with E-state index >= 15 is 0 Å². The van der Waals surface area contributed by atoms with E-state index in [1.165, 1.54) is 212 Å². The highest BCUT2D eigenvalue weighted by Crippen LogP contribution is 2.17. The standard InChI is InChI=1S/C63H116O6/c1-4-7-10-13-16-19-22-25-28-30-32-35-38-41-44-47-50-53-56-62(65)68-59-60(58-67-61(64)55-52-49-46-43-40-37-34-27-24-21-18-15-12-9-6-3)69-63(66)57-54-51-48-45-42-39-36-33-31-29-26-23-20-17-14-11-8-5-2/h18,21,27-28,30,34,60H,4-17,19-20,22-26,29,31-33,35-59H2,1-3H3/b21-18-,30-28-,34-27-. The van der Waals surface area contributed by atoms with Crippen LogP contribution in [-0.4, -0.2) is 37.2 Å². The molecule has 1 atom stereocenters. The largest absolute Gasteiger partial charge is 0.462 e. The quantitative estimate of drug-likeness (QED) is 0.0261. The first-order valence-electron chi connectivity index (χ1n) is 30.5. The first-order chi connectivity index (χ1) is 34.0. The molecule has 0 aliphatic heterocycles. The lowest BCUT2D eigenvalue weighted by molar-refractivity contribution is -0.167. The van der Waals surface area contributed by atoms with Gasteiger partial charge in [0.05, 0.1) is 0 Å². The first-order valence-corrected chi connectivity index (χ1v) is 30.5. The summed E-state index contributed by atoms with van der Waals surface area (Å²) in [6.45, 7) is 6.65. The van der Waals surface area contributed by atoms with Crippen LogP contribution < -0.4 is 0 Å². The van der Waals surface area contributed by atoms with Gasteiger partial charge in [0.15, 0.2) is 6.10 Å². The molecule has 69 heavy (non-hydrogen) atoms. The summed E-state index contributed by atoms with van der Waals surface area (Å²) in [5, 5.41) is 0. The summed E-state index contributed by atoms with van der Waals surface area (Å²) in [5.41, 5.74) is 0. The number of carbonyl (C=O) groups is 3. The highest BCUT2D eigenvalue weighted by Gasteiger charge is 2.19. The van der Waals surface area contributed by atoms with Crippen molar-refractivity contribution in [2.24, 2.45) is 0 Å². The second-order valence-electron chi connectivity index (χ2n) is 20.6. The predicted molar refractivity (Wildman–Crippen MR) is 298 cm³/mol. The summed E-state index contributed by atoms with van der Waals surface area (Å²) in [6.07, 6.45) is 69.9. The minimum absolute atomic E-state index is 0.0752. The van der Waals surface area contributed by atoms with Crippen LogP contribution in [0.1, 0.15) is 329 Å². The van der Waals surface area contributed by atoms with E-state index < -0.39 is 6.10 Å². The van der Waals surface area contributed by atoms with Crippen molar-refractivity contribution in [3.63, 3.8) is 0 Å². The Balaban J connectivity index is 4.35. The van der Waals surface area contributed by atoms with Crippen LogP contribution in [0.4, 0.5) is 0 Å². The maximum atomic E-state index is 12.9. The Kier molecular flexibility index (Phi) is 56.2. The molecule has 6 nitrogen and oxygen atoms in total. The Hall–Kier alpha value is -2.37. The van der Waals surface area contributed by atoms with Crippen molar-refractivity contribution in [2.45, 2.75) is 335 Å². The van der Waals surface area contributed by atoms with Crippen molar-refractivity contribution in [2.75, 3.05) is 13.2 Å². The fourth-order valence-electron chi connectivity index (χ4n) is 9.00. The highest BCUT2D eigenvalue weighted by atomic mass is 16.6. The van der Waals surface area contributed by atoms with Crippen LogP contribution >= 0.6 is 0 Å². The van der Waals surface area contributed by atoms with E-state index in [0.717, 1.165) is 77.0 Å². The summed E-state index contributed by atoms with van der Waals surface area (Å²) < 4.78 is 16.9. The molecule has 1 unspecified atom stereocenters. The van der Waals surface area contributed by atoms with Gasteiger partial charge in [0.1, 0.15) is 13.2 Å². The maximum absolute atomic E-state index is 12.9. The van der Waals surface area contributed by atoms with Gasteiger partial charge in [-0.2, -0.15) is 0 Å². The number of hydrogen-bond acceptors (Lipinski definition) is 6. The number of esters is 3. The normalized spacial score (nSPS) is 12.2. The molecule has 0 fully saturated rings. The third kappa shape index (κ3) is 56.4. The monoisotopic (exact) mass is 969 g/mol. The van der Waals surface area contributed by atoms with Crippen LogP contribution in [-0.2, 0) is 28.6 Å². The lowest BCUT2D eigenvalue weighted by Gasteiger charge is -2.18. The Labute approximate surface area is 429 Å². The third-order valence-corrected chi connectivity index (χ3v) is 13.6. The van der Waals surface area contributed by atoms with Gasteiger partial charge in [-0.15, -0.1) is 0 Å². The fourth-order valence-corrected chi connectivity index (χ4v) is 9.00. The molecule has 0 aromatic carbocycles. The molecule has 0 rings (SSSR count). The molecule has 6 heteroatoms. The number of unbranched alkanes of at least 4 members (excludes halogenated alkanes) is 39. The second-order valence-corrected chi connectivity index (χ2v) is 20.6. The zero-order valence-corrected chi connectivity index (χ0v) is 46.3. The lowest BCUT2D eigenvalue weighted by atomic mass is 10.0. The SMILES string of the molecule is CCCCC/C=C\C/C=C\CCCCCCCC(=O)OCC(COC(=O)CCCCCCCCC/C=C\CCCCCCCCC)OC(=O)CCCCCCCCCCCCCCCCCCCC. The molecule has 0 amide bonds. The summed E-state index contributed by atoms with van der Waals surface area (Å²) in [6, 6.07) is 0. The summed E-state index contributed by atoms with van der Waals surface area (Å²) in [4.78, 5) is 38.2. The van der Waals surface area contributed by atoms with E-state index in [9.17, 15) is 14.4 Å². The Bertz CT molecular complexity index is 1160. The van der Waals surface area contributed by atoms with Crippen molar-refractivity contribution in [1.29, 1.82) is 0 Å². The van der Waals surface area contributed by atoms with Crippen LogP contribution in [0, 0.1) is 0 Å². The van der Waals surface area contributed by atoms with Gasteiger partial charge >= 0.3 is 17.9 Å². The highest BCUT2D eigenvalue weighted by molar-refractivity contribution is 5.71. The van der Waals surface area contributed by atoms with Gasteiger partial charge in [0.25, 0.3) is 0 Å². The van der Waals surface area contributed by atoms with E-state index in [4.69, 9.17) is 14.2 Å². The average Bonchev–Trinajstić information content (AvgIpc) is 3.35. The Morgan fingerprint density at radius 3 is 0.841 bits per heavy atom. The number of hydrogen-bond donors (Lipinski definition) is 0. The number of rotatable bonds is 56. The molecule has 0 N–H and O–H groups in total. The van der Waals surface area contributed by atoms with E-state index in [1.54, 1.807) is 0 Å². The molecule has 0 aliphatic carbocycles. The molecule has 0 heterocycles. The average molecular weight is 970 g/mol. The molecular weight excluding hydrogens is 853 g/mol. The minimum Gasteiger partial charge on any atom is -0.462 e. The zero-order valence-electron chi connectivity index (χ0n) is 46.3. The lowest BCUT2D eigenvalue weighted by Crippen LogP contribution is -2.30. The van der Waals surface area contributed by atoms with E-state index in [0.29, 0.717) is 19.3 Å². The van der Waals surface area contributed by atoms with Gasteiger partial charge < -0.3 is 14.2 Å². The van der Waals surface area contributed by atoms with Crippen molar-refractivity contribution >= 4 is 17.9 Å². The molecule has 0 radical (unpaired) electrons. The van der Waals surface area contributed by atoms with E-state index in [-0.39, 0.29) is 31.1 Å². The Morgan fingerprint density at radius 1 is 0.290 bits per heavy atom. The second kappa shape index (κ2) is 58.2. The molecule has 0 aliphatic rings. The zero-order chi connectivity index (χ0) is 50.0. The summed E-state index contributed by atoms with van der Waals surface area (Å²) in [7, 11) is 0. The van der Waals surface area contributed by atoms with Gasteiger partial charge in [0, 0.05) is 19.3 Å². The first kappa shape index (κ1) is 66.6. The molecule has 0 spiro atoms. The number of ether oxygens (including phenoxy) is 3. The third-order valence-electron chi connectivity index (χ3n) is 13.6. The fraction of sp³-hybridized carbons (Fsp3) is 0.857. The van der Waals surface area contributed by atoms with Gasteiger partial charge in [-0.1, -0.05) is 269 Å². The van der Waals surface area contributed by atoms with Crippen molar-refractivity contribution < 1.29 is 28.6 Å². The van der Waals surface area contributed by atoms with Gasteiger partial charge in [-0.05, 0) is 77.0 Å². The molecule has 0 aromatic rings. The van der Waals surface area contributed by atoms with Crippen LogP contribution in [0.3, 0.4) is 0 Å². The topological polar surface area (TPSA) is 78.9 Å². The predicted octanol–water partition coefficient (Wildman–Crippen LogP) is 20.4. The number of carbonyl (C=O) groups excluding carboxylic acids is 3. The molecule has 0 saturated heterocycles. The van der Waals surface area contributed by atoms with Crippen LogP contribution in [0.15, 0.2) is 36.5 Å². The van der Waals surface area contributed by atoms with E-state index in [2.05, 4.69) is 57.2 Å². The Morgan fingerprint density at radius 2 is 0.522 bits per heavy atom. The maximum Gasteiger partial charge on any atom is 0.306 e. The van der Waals surface area contributed by atoms with Gasteiger partial charge in [0.2, 0.25) is 0 Å². The van der Waals surface area contributed by atoms with Crippen LogP contribution in [0.25, 0.3) is 0 Å². The van der Waals surface area contributed by atoms with Crippen molar-refractivity contribution in [1.82, 2.24) is 0 Å². The molecule has 0 saturated carbocycles. The molecule has 0 aromatic heterocycles. The van der Waals surface area contributed by atoms with Gasteiger partial charge in [-0.25, -0.2) is 0 Å². The number of allylic oxidation sites excluding steroid dienone is 6.